The summed E-state index contributed by atoms with van der Waals surface area (Å²) in [4.78, 5) is 49.2. The number of amides is 1. The SMILES string of the molecule is CC(C)CCCCCCCCCCCNOP(=O)(O)N(CC(N)=O)P(=O)(O)OC1C(OC[C@H]2O[C@@H](n3ccc(N)nc3=O)[C@H](O)[C@@H]2O)=C(CO)C(O)C1O. The van der Waals surface area contributed by atoms with Gasteiger partial charge in [0.25, 0.3) is 0 Å². The third kappa shape index (κ3) is 12.9. The van der Waals surface area contributed by atoms with Gasteiger partial charge in [-0.05, 0) is 18.4 Å². The molecule has 1 aliphatic heterocycles. The highest BCUT2D eigenvalue weighted by atomic mass is 31.3. The lowest BCUT2D eigenvalue weighted by Crippen LogP contribution is -2.38. The Morgan fingerprint density at radius 1 is 1.00 bits per heavy atom. The Labute approximate surface area is 313 Å². The van der Waals surface area contributed by atoms with Crippen molar-refractivity contribution >= 4 is 27.2 Å². The van der Waals surface area contributed by atoms with E-state index in [1.165, 1.54) is 37.9 Å². The predicted molar refractivity (Wildman–Crippen MR) is 191 cm³/mol. The van der Waals surface area contributed by atoms with E-state index in [2.05, 4.69) is 24.3 Å². The molecule has 3 rings (SSSR count). The first-order chi connectivity index (χ1) is 25.4. The number of unbranched alkanes of at least 4 members (excludes halogenated alkanes) is 8. The van der Waals surface area contributed by atoms with E-state index >= 15 is 0 Å². The second-order valence-corrected chi connectivity index (χ2v) is 17.4. The first-order valence-corrected chi connectivity index (χ1v) is 21.0. The average molecular weight is 815 g/mol. The minimum absolute atomic E-state index is 0.0724. The number of hydrogen-bond donors (Lipinski definition) is 10. The summed E-state index contributed by atoms with van der Waals surface area (Å²) in [5, 5.41) is 52.4. The van der Waals surface area contributed by atoms with Crippen molar-refractivity contribution in [3.8, 4) is 0 Å². The van der Waals surface area contributed by atoms with Gasteiger partial charge in [0.2, 0.25) is 5.91 Å². The number of rotatable bonds is 25. The highest BCUT2D eigenvalue weighted by Gasteiger charge is 2.53. The van der Waals surface area contributed by atoms with Gasteiger partial charge >= 0.3 is 21.2 Å². The Balaban J connectivity index is 1.60. The Morgan fingerprint density at radius 3 is 2.19 bits per heavy atom. The molecule has 1 fully saturated rings. The minimum atomic E-state index is -5.67. The lowest BCUT2D eigenvalue weighted by atomic mass is 10.0. The van der Waals surface area contributed by atoms with Gasteiger partial charge in [-0.3, -0.25) is 13.9 Å². The third-order valence-corrected chi connectivity index (χ3v) is 12.7. The molecule has 54 heavy (non-hydrogen) atoms. The van der Waals surface area contributed by atoms with Crippen molar-refractivity contribution in [3.63, 3.8) is 0 Å². The number of ether oxygens (including phenoxy) is 2. The van der Waals surface area contributed by atoms with Gasteiger partial charge in [-0.2, -0.15) is 10.5 Å². The van der Waals surface area contributed by atoms with Gasteiger partial charge in [0.1, 0.15) is 48.7 Å². The molecule has 2 aliphatic rings. The van der Waals surface area contributed by atoms with Crippen LogP contribution in [0.15, 0.2) is 28.4 Å². The first kappa shape index (κ1) is 46.1. The van der Waals surface area contributed by atoms with Crippen molar-refractivity contribution < 1.29 is 67.9 Å². The summed E-state index contributed by atoms with van der Waals surface area (Å²) in [5.41, 5.74) is 11.6. The van der Waals surface area contributed by atoms with E-state index in [-0.39, 0.29) is 16.8 Å². The number of hydrogen-bond acceptors (Lipinski definition) is 16. The number of anilines is 1. The molecule has 21 nitrogen and oxygen atoms in total. The highest BCUT2D eigenvalue weighted by molar-refractivity contribution is 7.66. The molecule has 1 aromatic rings. The quantitative estimate of drug-likeness (QED) is 0.0350. The highest BCUT2D eigenvalue weighted by Crippen LogP contribution is 2.64. The smallest absolute Gasteiger partial charge is 0.432 e. The van der Waals surface area contributed by atoms with Crippen LogP contribution in [0.1, 0.15) is 84.3 Å². The Kier molecular flexibility index (Phi) is 18.1. The lowest BCUT2D eigenvalue weighted by Gasteiger charge is -2.31. The maximum absolute atomic E-state index is 13.5. The number of carbonyl (C=O) groups excluding carboxylic acids is 1. The van der Waals surface area contributed by atoms with Gasteiger partial charge in [0, 0.05) is 18.3 Å². The number of nitrogens with zero attached hydrogens (tertiary/aromatic N) is 3. The van der Waals surface area contributed by atoms with Crippen LogP contribution >= 0.6 is 15.5 Å². The second kappa shape index (κ2) is 21.3. The van der Waals surface area contributed by atoms with E-state index in [0.29, 0.717) is 12.3 Å². The molecule has 5 unspecified atom stereocenters. The summed E-state index contributed by atoms with van der Waals surface area (Å²) in [5.74, 6) is -1.37. The number of hydroxylamine groups is 1. The molecule has 12 N–H and O–H groups in total. The van der Waals surface area contributed by atoms with Crippen LogP contribution in [0.3, 0.4) is 0 Å². The molecule has 0 bridgehead atoms. The van der Waals surface area contributed by atoms with Gasteiger partial charge in [-0.25, -0.2) is 18.5 Å². The van der Waals surface area contributed by atoms with Crippen LogP contribution in [0, 0.1) is 5.92 Å². The number of nitrogen functional groups attached to an aromatic ring is 1. The molecule has 23 heteroatoms. The molecule has 1 aliphatic carbocycles. The zero-order valence-electron chi connectivity index (χ0n) is 30.5. The fourth-order valence-electron chi connectivity index (χ4n) is 6.03. The number of primary amides is 1. The van der Waals surface area contributed by atoms with E-state index in [0.717, 1.165) is 36.7 Å². The molecule has 2 heterocycles. The standard InChI is InChI=1S/C31H56N6O15P2/c1-19(2)12-10-8-6-4-3-5-7-9-11-14-34-52-54(47,48)37(16-23(33)39)53(45,46)51-29-26(42)24(40)20(17-38)28(29)49-18-21-25(41)27(43)30(50-21)36-15-13-22(32)35-31(36)44/h13,15,19,21,24-27,29-30,34,38,40-43H,3-12,14,16-18H2,1-2H3,(H2,33,39)(H,45,46)(H,47,48)(H2,32,35,44)/t21-,24?,25-,26?,27-,29?,30-/m1/s1. The van der Waals surface area contributed by atoms with E-state index in [1.54, 1.807) is 0 Å². The zero-order chi connectivity index (χ0) is 40.2. The third-order valence-electron chi connectivity index (χ3n) is 8.98. The summed E-state index contributed by atoms with van der Waals surface area (Å²) in [7, 11) is -11.1. The summed E-state index contributed by atoms with van der Waals surface area (Å²) in [6.07, 6.45) is -0.842. The topological polar surface area (TPSA) is 332 Å². The van der Waals surface area contributed by atoms with E-state index in [1.807, 2.05) is 0 Å². The van der Waals surface area contributed by atoms with Crippen LogP contribution < -0.4 is 22.6 Å². The largest absolute Gasteiger partial charge is 0.492 e. The monoisotopic (exact) mass is 814 g/mol. The summed E-state index contributed by atoms with van der Waals surface area (Å²) in [6, 6.07) is 1.25. The van der Waals surface area contributed by atoms with Gasteiger partial charge in [-0.15, -0.1) is 4.44 Å². The van der Waals surface area contributed by atoms with Crippen LogP contribution in [0.2, 0.25) is 0 Å². The molecule has 1 amide bonds. The van der Waals surface area contributed by atoms with Crippen molar-refractivity contribution in [2.75, 3.05) is 32.0 Å². The Morgan fingerprint density at radius 2 is 1.61 bits per heavy atom. The number of aromatic nitrogens is 2. The van der Waals surface area contributed by atoms with Gasteiger partial charge < -0.3 is 56.3 Å². The predicted octanol–water partition coefficient (Wildman–Crippen LogP) is -0.105. The second-order valence-electron chi connectivity index (χ2n) is 13.7. The Hall–Kier alpha value is -2.33. The molecule has 310 valence electrons. The van der Waals surface area contributed by atoms with Gasteiger partial charge in [0.05, 0.1) is 13.2 Å². The molecular weight excluding hydrogens is 758 g/mol. The maximum Gasteiger partial charge on any atom is 0.432 e. The van der Waals surface area contributed by atoms with Crippen molar-refractivity contribution in [3.05, 3.63) is 34.1 Å². The van der Waals surface area contributed by atoms with E-state index in [9.17, 15) is 54.0 Å². The maximum atomic E-state index is 13.5. The number of nitrogens with two attached hydrogens (primary N) is 2. The van der Waals surface area contributed by atoms with Crippen molar-refractivity contribution in [2.24, 2.45) is 11.7 Å². The van der Waals surface area contributed by atoms with Gasteiger partial charge in [0.15, 0.2) is 12.3 Å². The molecular formula is C31H56N6O15P2. The van der Waals surface area contributed by atoms with E-state index in [4.69, 9.17) is 30.1 Å². The van der Waals surface area contributed by atoms with Crippen LogP contribution in [0.25, 0.3) is 0 Å². The van der Waals surface area contributed by atoms with Crippen LogP contribution in [-0.2, 0) is 32.5 Å². The van der Waals surface area contributed by atoms with Crippen molar-refractivity contribution in [1.29, 1.82) is 0 Å². The summed E-state index contributed by atoms with van der Waals surface area (Å²) in [6.45, 7) is 1.47. The summed E-state index contributed by atoms with van der Waals surface area (Å²) >= 11 is 0. The van der Waals surface area contributed by atoms with Crippen molar-refractivity contribution in [2.45, 2.75) is 121 Å². The van der Waals surface area contributed by atoms with E-state index < -0.39 is 101 Å². The molecule has 0 spiro atoms. The number of nitrogens with one attached hydrogen (secondary N) is 1. The molecule has 0 radical (unpaired) electrons. The minimum Gasteiger partial charge on any atom is -0.492 e. The molecule has 1 saturated heterocycles. The zero-order valence-corrected chi connectivity index (χ0v) is 32.2. The normalized spacial score (nSPS) is 26.8. The molecule has 0 aromatic carbocycles. The first-order valence-electron chi connectivity index (χ1n) is 17.9. The van der Waals surface area contributed by atoms with Crippen LogP contribution in [0.4, 0.5) is 5.82 Å². The molecule has 1 aromatic heterocycles. The lowest BCUT2D eigenvalue weighted by molar-refractivity contribution is -0.118. The van der Waals surface area contributed by atoms with Gasteiger partial charge in [-0.1, -0.05) is 71.6 Å². The average Bonchev–Trinajstić information content (AvgIpc) is 3.49. The summed E-state index contributed by atoms with van der Waals surface area (Å²) < 4.78 is 48.5. The molecule has 0 saturated carbocycles. The van der Waals surface area contributed by atoms with Crippen molar-refractivity contribution in [1.82, 2.24) is 19.5 Å². The number of aliphatic hydroxyl groups excluding tert-OH is 5. The number of aliphatic hydroxyl groups is 5. The Bertz CT molecular complexity index is 1550. The van der Waals surface area contributed by atoms with Crippen LogP contribution in [0.5, 0.6) is 0 Å². The fourth-order valence-corrected chi connectivity index (χ4v) is 9.02. The number of carbonyl (C=O) groups is 1. The molecule has 9 atom stereocenters. The van der Waals surface area contributed by atoms with Crippen LogP contribution in [-0.4, -0.2) is 118 Å². The fraction of sp³-hybridized carbons (Fsp3) is 0.774.